The summed E-state index contributed by atoms with van der Waals surface area (Å²) in [4.78, 5) is 18.9. The van der Waals surface area contributed by atoms with Crippen LogP contribution in [0, 0.1) is 11.8 Å². The Morgan fingerprint density at radius 2 is 2.47 bits per heavy atom. The Morgan fingerprint density at radius 3 is 3.07 bits per heavy atom. The summed E-state index contributed by atoms with van der Waals surface area (Å²) in [5, 5.41) is 0.520. The summed E-state index contributed by atoms with van der Waals surface area (Å²) >= 11 is 3.14. The highest BCUT2D eigenvalue weighted by molar-refractivity contribution is 9.09. The van der Waals surface area contributed by atoms with E-state index in [2.05, 4.69) is 42.5 Å². The zero-order valence-corrected chi connectivity index (χ0v) is 9.54. The summed E-state index contributed by atoms with van der Waals surface area (Å²) in [6.07, 6.45) is 1.40. The van der Waals surface area contributed by atoms with Crippen molar-refractivity contribution < 1.29 is 9.53 Å². The van der Waals surface area contributed by atoms with E-state index in [-0.39, 0.29) is 11.5 Å². The molecule has 1 aromatic heterocycles. The van der Waals surface area contributed by atoms with E-state index in [0.29, 0.717) is 11.0 Å². The monoisotopic (exact) mass is 269 g/mol. The average Bonchev–Trinajstić information content (AvgIpc) is 2.27. The second-order valence-corrected chi connectivity index (χ2v) is 2.98. The number of nitrogens with zero attached hydrogens (tertiary/aromatic N) is 2. The summed E-state index contributed by atoms with van der Waals surface area (Å²) in [6.45, 7) is 0. The van der Waals surface area contributed by atoms with Gasteiger partial charge in [-0.1, -0.05) is 21.9 Å². The van der Waals surface area contributed by atoms with Gasteiger partial charge >= 0.3 is 5.97 Å². The topological polar surface area (TPSA) is 78.1 Å². The number of methoxy groups -OCH3 is 1. The molecule has 0 radical (unpaired) electrons. The summed E-state index contributed by atoms with van der Waals surface area (Å²) in [5.74, 6) is 4.86. The lowest BCUT2D eigenvalue weighted by Crippen LogP contribution is -2.10. The van der Waals surface area contributed by atoms with Gasteiger partial charge in [-0.05, 0) is 5.92 Å². The Kier molecular flexibility index (Phi) is 4.06. The van der Waals surface area contributed by atoms with Gasteiger partial charge in [0, 0.05) is 0 Å². The maximum atomic E-state index is 11.2. The first-order valence-corrected chi connectivity index (χ1v) is 5.07. The predicted octanol–water partition coefficient (Wildman–Crippen LogP) is 0.592. The predicted molar refractivity (Wildman–Crippen MR) is 58.5 cm³/mol. The van der Waals surface area contributed by atoms with Crippen LogP contribution in [0.15, 0.2) is 6.20 Å². The van der Waals surface area contributed by atoms with Gasteiger partial charge in [0.05, 0.1) is 18.6 Å². The van der Waals surface area contributed by atoms with Gasteiger partial charge < -0.3 is 10.5 Å². The molecule has 0 unspecified atom stereocenters. The first kappa shape index (κ1) is 11.5. The van der Waals surface area contributed by atoms with Crippen LogP contribution >= 0.6 is 15.9 Å². The third-order valence-corrected chi connectivity index (χ3v) is 1.74. The number of rotatable bonds is 1. The number of esters is 1. The number of carbonyl (C=O) groups is 1. The molecule has 1 heterocycles. The highest BCUT2D eigenvalue weighted by Gasteiger charge is 2.13. The van der Waals surface area contributed by atoms with Gasteiger partial charge in [-0.2, -0.15) is 0 Å². The molecule has 1 aromatic rings. The van der Waals surface area contributed by atoms with Crippen LogP contribution in [0.3, 0.4) is 0 Å². The van der Waals surface area contributed by atoms with Gasteiger partial charge in [-0.3, -0.25) is 0 Å². The van der Waals surface area contributed by atoms with Crippen LogP contribution in [-0.4, -0.2) is 28.4 Å². The highest BCUT2D eigenvalue weighted by atomic mass is 79.9. The second kappa shape index (κ2) is 5.32. The number of carbonyl (C=O) groups excluding carboxylic acids is 1. The Labute approximate surface area is 95.2 Å². The normalized spacial score (nSPS) is 8.93. The van der Waals surface area contributed by atoms with Crippen molar-refractivity contribution >= 4 is 27.7 Å². The maximum Gasteiger partial charge on any atom is 0.360 e. The van der Waals surface area contributed by atoms with Crippen molar-refractivity contribution in [2.24, 2.45) is 0 Å². The summed E-state index contributed by atoms with van der Waals surface area (Å²) < 4.78 is 4.50. The van der Waals surface area contributed by atoms with Gasteiger partial charge in [0.15, 0.2) is 11.5 Å². The van der Waals surface area contributed by atoms with Crippen molar-refractivity contribution in [1.29, 1.82) is 0 Å². The van der Waals surface area contributed by atoms with Gasteiger partial charge in [0.25, 0.3) is 0 Å². The fraction of sp³-hybridized carbons (Fsp3) is 0.222. The Morgan fingerprint density at radius 1 is 1.73 bits per heavy atom. The molecule has 15 heavy (non-hydrogen) atoms. The quantitative estimate of drug-likeness (QED) is 0.459. The van der Waals surface area contributed by atoms with E-state index in [1.54, 1.807) is 0 Å². The molecule has 0 fully saturated rings. The van der Waals surface area contributed by atoms with Gasteiger partial charge in [-0.15, -0.1) is 0 Å². The van der Waals surface area contributed by atoms with E-state index in [1.165, 1.54) is 13.3 Å². The Balaban J connectivity index is 3.10. The SMILES string of the molecule is COC(=O)c1nc(C#CCBr)cnc1N. The smallest absolute Gasteiger partial charge is 0.360 e. The lowest BCUT2D eigenvalue weighted by atomic mass is 10.3. The van der Waals surface area contributed by atoms with Crippen LogP contribution in [0.1, 0.15) is 16.2 Å². The molecule has 0 saturated carbocycles. The molecule has 6 heteroatoms. The summed E-state index contributed by atoms with van der Waals surface area (Å²) in [7, 11) is 1.25. The van der Waals surface area contributed by atoms with Crippen molar-refractivity contribution in [2.45, 2.75) is 0 Å². The molecular formula is C9H8BrN3O2. The molecule has 0 aromatic carbocycles. The van der Waals surface area contributed by atoms with Crippen LogP contribution < -0.4 is 5.73 Å². The lowest BCUT2D eigenvalue weighted by Gasteiger charge is -2.01. The minimum absolute atomic E-state index is 0.0149. The van der Waals surface area contributed by atoms with Crippen molar-refractivity contribution in [3.8, 4) is 11.8 Å². The molecule has 2 N–H and O–H groups in total. The number of hydrogen-bond donors (Lipinski definition) is 1. The van der Waals surface area contributed by atoms with Gasteiger partial charge in [-0.25, -0.2) is 14.8 Å². The molecule has 5 nitrogen and oxygen atoms in total. The molecule has 0 aliphatic rings. The third-order valence-electron chi connectivity index (χ3n) is 1.46. The first-order chi connectivity index (χ1) is 7.19. The fourth-order valence-electron chi connectivity index (χ4n) is 0.830. The first-order valence-electron chi connectivity index (χ1n) is 3.94. The zero-order valence-electron chi connectivity index (χ0n) is 7.95. The molecule has 0 saturated heterocycles. The number of aromatic nitrogens is 2. The number of nitrogens with two attached hydrogens (primary N) is 1. The van der Waals surface area contributed by atoms with Crippen molar-refractivity contribution in [3.05, 3.63) is 17.6 Å². The molecule has 0 spiro atoms. The zero-order chi connectivity index (χ0) is 11.3. The molecule has 0 aliphatic carbocycles. The lowest BCUT2D eigenvalue weighted by molar-refractivity contribution is 0.0595. The molecule has 0 aliphatic heterocycles. The average molecular weight is 270 g/mol. The van der Waals surface area contributed by atoms with Gasteiger partial charge in [0.2, 0.25) is 0 Å². The van der Waals surface area contributed by atoms with E-state index in [9.17, 15) is 4.79 Å². The van der Waals surface area contributed by atoms with E-state index in [4.69, 9.17) is 5.73 Å². The largest absolute Gasteiger partial charge is 0.464 e. The standard InChI is InChI=1S/C9H8BrN3O2/c1-15-9(14)7-8(11)12-5-6(13-7)3-2-4-10/h5H,4H2,1H3,(H2,11,12). The third kappa shape index (κ3) is 2.92. The number of alkyl halides is 1. The van der Waals surface area contributed by atoms with Crippen LogP contribution in [0.2, 0.25) is 0 Å². The van der Waals surface area contributed by atoms with Crippen LogP contribution in [-0.2, 0) is 4.74 Å². The highest BCUT2D eigenvalue weighted by Crippen LogP contribution is 2.06. The minimum Gasteiger partial charge on any atom is -0.464 e. The van der Waals surface area contributed by atoms with Crippen LogP contribution in [0.5, 0.6) is 0 Å². The molecule has 0 amide bonds. The fourth-order valence-corrected chi connectivity index (χ4v) is 0.970. The number of nitrogen functional groups attached to an aromatic ring is 1. The molecule has 0 atom stereocenters. The minimum atomic E-state index is -0.623. The number of anilines is 1. The number of ether oxygens (including phenoxy) is 1. The number of halogens is 1. The van der Waals surface area contributed by atoms with E-state index in [0.717, 1.165) is 0 Å². The van der Waals surface area contributed by atoms with E-state index < -0.39 is 5.97 Å². The Hall–Kier alpha value is -1.61. The van der Waals surface area contributed by atoms with Crippen molar-refractivity contribution in [3.63, 3.8) is 0 Å². The van der Waals surface area contributed by atoms with Crippen LogP contribution in [0.25, 0.3) is 0 Å². The molecule has 78 valence electrons. The summed E-state index contributed by atoms with van der Waals surface area (Å²) in [6, 6.07) is 0. The molecular weight excluding hydrogens is 262 g/mol. The van der Waals surface area contributed by atoms with Crippen molar-refractivity contribution in [2.75, 3.05) is 18.2 Å². The van der Waals surface area contributed by atoms with E-state index in [1.807, 2.05) is 0 Å². The molecule has 0 bridgehead atoms. The van der Waals surface area contributed by atoms with Crippen LogP contribution in [0.4, 0.5) is 5.82 Å². The van der Waals surface area contributed by atoms with Crippen molar-refractivity contribution in [1.82, 2.24) is 9.97 Å². The second-order valence-electron chi connectivity index (χ2n) is 2.42. The number of hydrogen-bond acceptors (Lipinski definition) is 5. The molecule has 1 rings (SSSR count). The van der Waals surface area contributed by atoms with E-state index >= 15 is 0 Å². The maximum absolute atomic E-state index is 11.2. The summed E-state index contributed by atoms with van der Waals surface area (Å²) in [5.41, 5.74) is 5.83. The Bertz CT molecular complexity index is 437. The van der Waals surface area contributed by atoms with Gasteiger partial charge in [0.1, 0.15) is 5.69 Å².